The van der Waals surface area contributed by atoms with Gasteiger partial charge in [0.15, 0.2) is 0 Å². The van der Waals surface area contributed by atoms with E-state index in [1.807, 2.05) is 19.1 Å². The summed E-state index contributed by atoms with van der Waals surface area (Å²) in [6.45, 7) is 6.65. The molecule has 0 fully saturated rings. The lowest BCUT2D eigenvalue weighted by Gasteiger charge is -2.15. The number of hydrogen-bond acceptors (Lipinski definition) is 1. The first-order valence-electron chi connectivity index (χ1n) is 6.65. The second kappa shape index (κ2) is 6.40. The van der Waals surface area contributed by atoms with E-state index in [1.165, 1.54) is 11.6 Å². The monoisotopic (exact) mass is 336 g/mol. The summed E-state index contributed by atoms with van der Waals surface area (Å²) in [6, 6.07) is 11.2. The fraction of sp³-hybridized carbons (Fsp3) is 0.294. The van der Waals surface area contributed by atoms with Crippen molar-refractivity contribution in [2.24, 2.45) is 0 Å². The van der Waals surface area contributed by atoms with Crippen LogP contribution in [0.5, 0.6) is 5.75 Å². The average Bonchev–Trinajstić information content (AvgIpc) is 2.40. The molecule has 2 aromatic carbocycles. The van der Waals surface area contributed by atoms with Crippen LogP contribution in [0.15, 0.2) is 40.9 Å². The van der Waals surface area contributed by atoms with Gasteiger partial charge >= 0.3 is 0 Å². The molecule has 0 bridgehead atoms. The fourth-order valence-electron chi connectivity index (χ4n) is 2.06. The predicted molar refractivity (Wildman–Crippen MR) is 83.7 cm³/mol. The van der Waals surface area contributed by atoms with Gasteiger partial charge in [0.2, 0.25) is 0 Å². The van der Waals surface area contributed by atoms with Crippen molar-refractivity contribution >= 4 is 15.9 Å². The number of benzene rings is 2. The highest BCUT2D eigenvalue weighted by atomic mass is 79.9. The van der Waals surface area contributed by atoms with E-state index in [2.05, 4.69) is 41.9 Å². The molecule has 1 nitrogen and oxygen atoms in total. The van der Waals surface area contributed by atoms with Crippen LogP contribution >= 0.6 is 15.9 Å². The minimum Gasteiger partial charge on any atom is -0.489 e. The highest BCUT2D eigenvalue weighted by molar-refractivity contribution is 9.10. The number of aryl methyl sites for hydroxylation is 1. The van der Waals surface area contributed by atoms with Crippen LogP contribution in [0.2, 0.25) is 0 Å². The van der Waals surface area contributed by atoms with Crippen molar-refractivity contribution in [3.8, 4) is 5.75 Å². The first-order chi connectivity index (χ1) is 9.49. The first kappa shape index (κ1) is 15.0. The zero-order chi connectivity index (χ0) is 14.7. The van der Waals surface area contributed by atoms with Crippen LogP contribution in [0.1, 0.15) is 36.5 Å². The van der Waals surface area contributed by atoms with Crippen molar-refractivity contribution in [1.29, 1.82) is 0 Å². The lowest BCUT2D eigenvalue weighted by atomic mass is 10.0. The molecule has 106 valence electrons. The van der Waals surface area contributed by atoms with Gasteiger partial charge < -0.3 is 4.74 Å². The Morgan fingerprint density at radius 3 is 2.65 bits per heavy atom. The van der Waals surface area contributed by atoms with E-state index in [9.17, 15) is 4.39 Å². The van der Waals surface area contributed by atoms with Crippen LogP contribution in [0, 0.1) is 12.7 Å². The van der Waals surface area contributed by atoms with Crippen molar-refractivity contribution < 1.29 is 9.13 Å². The van der Waals surface area contributed by atoms with E-state index >= 15 is 0 Å². The summed E-state index contributed by atoms with van der Waals surface area (Å²) in [5.74, 6) is 0.997. The molecular formula is C17H18BrFO. The third kappa shape index (κ3) is 3.40. The van der Waals surface area contributed by atoms with Crippen LogP contribution in [-0.2, 0) is 6.61 Å². The van der Waals surface area contributed by atoms with Crippen molar-refractivity contribution in [2.45, 2.75) is 33.3 Å². The van der Waals surface area contributed by atoms with E-state index in [-0.39, 0.29) is 5.82 Å². The maximum absolute atomic E-state index is 13.5. The molecule has 0 N–H and O–H groups in total. The van der Waals surface area contributed by atoms with Gasteiger partial charge in [-0.3, -0.25) is 0 Å². The molecule has 2 aromatic rings. The van der Waals surface area contributed by atoms with E-state index < -0.39 is 0 Å². The van der Waals surface area contributed by atoms with Gasteiger partial charge in [-0.1, -0.05) is 38.1 Å². The minimum absolute atomic E-state index is 0.264. The van der Waals surface area contributed by atoms with Crippen molar-refractivity contribution in [3.63, 3.8) is 0 Å². The highest BCUT2D eigenvalue weighted by Crippen LogP contribution is 2.29. The summed E-state index contributed by atoms with van der Waals surface area (Å²) in [5, 5.41) is 0. The Kier molecular flexibility index (Phi) is 4.81. The Labute approximate surface area is 127 Å². The van der Waals surface area contributed by atoms with Gasteiger partial charge in [-0.2, -0.15) is 0 Å². The Hall–Kier alpha value is -1.35. The highest BCUT2D eigenvalue weighted by Gasteiger charge is 2.10. The van der Waals surface area contributed by atoms with Gasteiger partial charge in [-0.05, 0) is 52.0 Å². The van der Waals surface area contributed by atoms with Gasteiger partial charge in [-0.25, -0.2) is 4.39 Å². The average molecular weight is 337 g/mol. The van der Waals surface area contributed by atoms with Crippen molar-refractivity contribution in [2.75, 3.05) is 0 Å². The van der Waals surface area contributed by atoms with E-state index in [1.54, 1.807) is 6.07 Å². The smallest absolute Gasteiger partial charge is 0.137 e. The molecule has 0 saturated carbocycles. The SMILES string of the molecule is Cc1ccc(C(C)C)c(OCc2cccc(F)c2Br)c1. The molecule has 0 atom stereocenters. The normalized spacial score (nSPS) is 10.9. The topological polar surface area (TPSA) is 9.23 Å². The molecule has 0 amide bonds. The standard InChI is InChI=1S/C17H18BrFO/c1-11(2)14-8-7-12(3)9-16(14)20-10-13-5-4-6-15(19)17(13)18/h4-9,11H,10H2,1-3H3. The molecule has 0 spiro atoms. The van der Waals surface area contributed by atoms with E-state index in [0.29, 0.717) is 17.0 Å². The summed E-state index contributed by atoms with van der Waals surface area (Å²) >= 11 is 3.26. The van der Waals surface area contributed by atoms with E-state index in [4.69, 9.17) is 4.74 Å². The van der Waals surface area contributed by atoms with Crippen molar-refractivity contribution in [1.82, 2.24) is 0 Å². The molecule has 0 unspecified atom stereocenters. The number of hydrogen-bond donors (Lipinski definition) is 0. The molecule has 2 rings (SSSR count). The van der Waals surface area contributed by atoms with Crippen molar-refractivity contribution in [3.05, 3.63) is 63.4 Å². The number of ether oxygens (including phenoxy) is 1. The summed E-state index contributed by atoms with van der Waals surface area (Å²) in [6.07, 6.45) is 0. The molecule has 0 heterocycles. The molecule has 0 saturated heterocycles. The van der Waals surface area contributed by atoms with Crippen LogP contribution in [0.3, 0.4) is 0 Å². The zero-order valence-corrected chi connectivity index (χ0v) is 13.5. The maximum atomic E-state index is 13.5. The molecule has 0 aliphatic heterocycles. The van der Waals surface area contributed by atoms with Crippen LogP contribution < -0.4 is 4.74 Å². The number of rotatable bonds is 4. The zero-order valence-electron chi connectivity index (χ0n) is 11.9. The molecule has 0 aliphatic carbocycles. The summed E-state index contributed by atoms with van der Waals surface area (Å²) in [5.41, 5.74) is 3.13. The minimum atomic E-state index is -0.264. The molecule has 20 heavy (non-hydrogen) atoms. The van der Waals surface area contributed by atoms with Gasteiger partial charge in [0.25, 0.3) is 0 Å². The molecule has 3 heteroatoms. The third-order valence-corrected chi connectivity index (χ3v) is 4.09. The quantitative estimate of drug-likeness (QED) is 0.706. The second-order valence-electron chi connectivity index (χ2n) is 5.20. The lowest BCUT2D eigenvalue weighted by molar-refractivity contribution is 0.300. The van der Waals surface area contributed by atoms with Crippen LogP contribution in [0.4, 0.5) is 4.39 Å². The Balaban J connectivity index is 2.22. The molecule has 0 aromatic heterocycles. The molecule has 0 radical (unpaired) electrons. The Bertz CT molecular complexity index is 608. The largest absolute Gasteiger partial charge is 0.489 e. The van der Waals surface area contributed by atoms with Gasteiger partial charge in [-0.15, -0.1) is 0 Å². The van der Waals surface area contributed by atoms with E-state index in [0.717, 1.165) is 16.9 Å². The Morgan fingerprint density at radius 1 is 1.20 bits per heavy atom. The predicted octanol–water partition coefficient (Wildman–Crippen LogP) is 5.60. The molecular weight excluding hydrogens is 319 g/mol. The van der Waals surface area contributed by atoms with Crippen LogP contribution in [-0.4, -0.2) is 0 Å². The fourth-order valence-corrected chi connectivity index (χ4v) is 2.44. The third-order valence-electron chi connectivity index (χ3n) is 3.21. The first-order valence-corrected chi connectivity index (χ1v) is 7.44. The van der Waals surface area contributed by atoms with Gasteiger partial charge in [0.1, 0.15) is 18.2 Å². The Morgan fingerprint density at radius 2 is 1.95 bits per heavy atom. The van der Waals surface area contributed by atoms with Crippen LogP contribution in [0.25, 0.3) is 0 Å². The number of halogens is 2. The molecule has 0 aliphatic rings. The second-order valence-corrected chi connectivity index (χ2v) is 5.99. The lowest BCUT2D eigenvalue weighted by Crippen LogP contribution is -2.01. The summed E-state index contributed by atoms with van der Waals surface area (Å²) in [7, 11) is 0. The maximum Gasteiger partial charge on any atom is 0.137 e. The summed E-state index contributed by atoms with van der Waals surface area (Å²) in [4.78, 5) is 0. The van der Waals surface area contributed by atoms with Gasteiger partial charge in [0, 0.05) is 5.56 Å². The van der Waals surface area contributed by atoms with Gasteiger partial charge in [0.05, 0.1) is 4.47 Å². The summed E-state index contributed by atoms with van der Waals surface area (Å²) < 4.78 is 19.8.